The van der Waals surface area contributed by atoms with Gasteiger partial charge in [-0.2, -0.15) is 5.26 Å². The summed E-state index contributed by atoms with van der Waals surface area (Å²) >= 11 is 6.96. The summed E-state index contributed by atoms with van der Waals surface area (Å²) in [6, 6.07) is 20.8. The van der Waals surface area contributed by atoms with Crippen LogP contribution in [-0.4, -0.2) is 12.5 Å². The molecular weight excluding hydrogens is 548 g/mol. The van der Waals surface area contributed by atoms with E-state index in [1.165, 1.54) is 6.08 Å². The van der Waals surface area contributed by atoms with Crippen molar-refractivity contribution in [3.63, 3.8) is 0 Å². The maximum absolute atomic E-state index is 12.6. The van der Waals surface area contributed by atoms with Gasteiger partial charge in [-0.1, -0.05) is 40.2 Å². The highest BCUT2D eigenvalue weighted by Gasteiger charge is 2.15. The fourth-order valence-corrected chi connectivity index (χ4v) is 3.89. The van der Waals surface area contributed by atoms with Gasteiger partial charge in [0.25, 0.3) is 5.91 Å². The summed E-state index contributed by atoms with van der Waals surface area (Å²) in [5, 5.41) is 12.3. The zero-order valence-electron chi connectivity index (χ0n) is 18.2. The van der Waals surface area contributed by atoms with Gasteiger partial charge < -0.3 is 14.8 Å². The summed E-state index contributed by atoms with van der Waals surface area (Å²) < 4.78 is 13.5. The van der Waals surface area contributed by atoms with Gasteiger partial charge in [-0.05, 0) is 88.9 Å². The van der Waals surface area contributed by atoms with E-state index in [4.69, 9.17) is 9.47 Å². The first kappa shape index (κ1) is 24.6. The van der Waals surface area contributed by atoms with Crippen molar-refractivity contribution in [1.29, 1.82) is 5.26 Å². The third-order valence-electron chi connectivity index (χ3n) is 4.58. The molecule has 1 amide bonds. The third kappa shape index (κ3) is 6.95. The molecule has 5 nitrogen and oxygen atoms in total. The van der Waals surface area contributed by atoms with Crippen molar-refractivity contribution >= 4 is 49.5 Å². The number of hydrogen-bond acceptors (Lipinski definition) is 4. The van der Waals surface area contributed by atoms with Gasteiger partial charge in [0.2, 0.25) is 0 Å². The van der Waals surface area contributed by atoms with Gasteiger partial charge in [0.05, 0.1) is 11.1 Å². The first-order chi connectivity index (χ1) is 15.9. The van der Waals surface area contributed by atoms with E-state index in [2.05, 4.69) is 37.2 Å². The van der Waals surface area contributed by atoms with Crippen molar-refractivity contribution in [2.45, 2.75) is 20.5 Å². The summed E-state index contributed by atoms with van der Waals surface area (Å²) in [6.07, 6.45) is 1.52. The summed E-state index contributed by atoms with van der Waals surface area (Å²) in [5.74, 6) is 0.596. The molecule has 0 aromatic heterocycles. The number of aryl methyl sites for hydroxylation is 1. The molecule has 7 heteroatoms. The van der Waals surface area contributed by atoms with E-state index in [-0.39, 0.29) is 5.57 Å². The second-order valence-corrected chi connectivity index (χ2v) is 8.94. The molecule has 0 spiro atoms. The van der Waals surface area contributed by atoms with Crippen LogP contribution >= 0.6 is 31.9 Å². The Labute approximate surface area is 210 Å². The molecule has 0 bridgehead atoms. The Morgan fingerprint density at radius 2 is 1.85 bits per heavy atom. The van der Waals surface area contributed by atoms with Gasteiger partial charge in [0, 0.05) is 10.2 Å². The molecular formula is C26H22Br2N2O3. The third-order valence-corrected chi connectivity index (χ3v) is 5.70. The summed E-state index contributed by atoms with van der Waals surface area (Å²) in [5.41, 5.74) is 3.27. The topological polar surface area (TPSA) is 71.3 Å². The number of ether oxygens (including phenoxy) is 2. The molecule has 0 radical (unpaired) electrons. The van der Waals surface area contributed by atoms with Crippen molar-refractivity contribution in [1.82, 2.24) is 0 Å². The van der Waals surface area contributed by atoms with Gasteiger partial charge in [0.1, 0.15) is 18.2 Å². The van der Waals surface area contributed by atoms with Crippen molar-refractivity contribution < 1.29 is 14.3 Å². The first-order valence-electron chi connectivity index (χ1n) is 10.2. The molecule has 3 aromatic rings. The molecule has 168 valence electrons. The summed E-state index contributed by atoms with van der Waals surface area (Å²) in [7, 11) is 0. The summed E-state index contributed by atoms with van der Waals surface area (Å²) in [4.78, 5) is 12.6. The van der Waals surface area contributed by atoms with E-state index in [0.29, 0.717) is 40.4 Å². The van der Waals surface area contributed by atoms with E-state index in [0.717, 1.165) is 15.6 Å². The SMILES string of the molecule is CCOc1cc(/C=C(/C#N)C(=O)Nc2cccc(C)c2)cc(Br)c1OCc1ccc(Br)cc1. The van der Waals surface area contributed by atoms with Crippen LogP contribution < -0.4 is 14.8 Å². The number of benzene rings is 3. The van der Waals surface area contributed by atoms with Crippen LogP contribution in [-0.2, 0) is 11.4 Å². The number of anilines is 1. The Balaban J connectivity index is 1.84. The van der Waals surface area contributed by atoms with Crippen LogP contribution in [0.25, 0.3) is 6.08 Å². The molecule has 3 rings (SSSR count). The van der Waals surface area contributed by atoms with Gasteiger partial charge >= 0.3 is 0 Å². The molecule has 0 fully saturated rings. The van der Waals surface area contributed by atoms with Gasteiger partial charge in [-0.15, -0.1) is 0 Å². The fraction of sp³-hybridized carbons (Fsp3) is 0.154. The van der Waals surface area contributed by atoms with Crippen molar-refractivity contribution in [3.05, 3.63) is 91.9 Å². The average Bonchev–Trinajstić information content (AvgIpc) is 2.78. The fourth-order valence-electron chi connectivity index (χ4n) is 3.05. The number of halogens is 2. The molecule has 3 aromatic carbocycles. The van der Waals surface area contributed by atoms with Crippen LogP contribution in [0, 0.1) is 18.3 Å². The molecule has 0 aliphatic heterocycles. The standard InChI is InChI=1S/C26H22Br2N2O3/c1-3-32-24-14-19(12-20(15-29)26(31)30-22-6-4-5-17(2)11-22)13-23(28)25(24)33-16-18-7-9-21(27)10-8-18/h4-14H,3,16H2,1-2H3,(H,30,31)/b20-12-. The number of amides is 1. The zero-order valence-corrected chi connectivity index (χ0v) is 21.4. The Kier molecular flexibility index (Phi) is 8.70. The Hall–Kier alpha value is -3.08. The van der Waals surface area contributed by atoms with Crippen LogP contribution in [0.3, 0.4) is 0 Å². The van der Waals surface area contributed by atoms with E-state index in [1.54, 1.807) is 18.2 Å². The molecule has 0 aliphatic carbocycles. The molecule has 0 saturated heterocycles. The number of rotatable bonds is 8. The van der Waals surface area contributed by atoms with Gasteiger partial charge in [-0.25, -0.2) is 0 Å². The van der Waals surface area contributed by atoms with Gasteiger partial charge in [0.15, 0.2) is 11.5 Å². The van der Waals surface area contributed by atoms with Crippen LogP contribution in [0.1, 0.15) is 23.6 Å². The number of carbonyl (C=O) groups excluding carboxylic acids is 1. The number of nitriles is 1. The van der Waals surface area contributed by atoms with Crippen LogP contribution in [0.15, 0.2) is 75.2 Å². The van der Waals surface area contributed by atoms with Crippen molar-refractivity contribution in [2.24, 2.45) is 0 Å². The zero-order chi connectivity index (χ0) is 23.8. The minimum absolute atomic E-state index is 0.0191. The second kappa shape index (κ2) is 11.7. The maximum atomic E-state index is 12.6. The lowest BCUT2D eigenvalue weighted by atomic mass is 10.1. The molecule has 0 aliphatic rings. The first-order valence-corrected chi connectivity index (χ1v) is 11.8. The van der Waals surface area contributed by atoms with E-state index in [1.807, 2.05) is 62.4 Å². The molecule has 33 heavy (non-hydrogen) atoms. The lowest BCUT2D eigenvalue weighted by molar-refractivity contribution is -0.112. The Morgan fingerprint density at radius 1 is 1.09 bits per heavy atom. The molecule has 0 atom stereocenters. The van der Waals surface area contributed by atoms with E-state index < -0.39 is 5.91 Å². The predicted molar refractivity (Wildman–Crippen MR) is 137 cm³/mol. The minimum atomic E-state index is -0.479. The lowest BCUT2D eigenvalue weighted by Crippen LogP contribution is -2.13. The summed E-state index contributed by atoms with van der Waals surface area (Å²) in [6.45, 7) is 4.62. The second-order valence-electron chi connectivity index (χ2n) is 7.17. The van der Waals surface area contributed by atoms with E-state index in [9.17, 15) is 10.1 Å². The smallest absolute Gasteiger partial charge is 0.266 e. The van der Waals surface area contributed by atoms with E-state index >= 15 is 0 Å². The number of nitrogens with one attached hydrogen (secondary N) is 1. The Bertz CT molecular complexity index is 1220. The lowest BCUT2D eigenvalue weighted by Gasteiger charge is -2.15. The maximum Gasteiger partial charge on any atom is 0.266 e. The predicted octanol–water partition coefficient (Wildman–Crippen LogP) is 7.04. The number of hydrogen-bond donors (Lipinski definition) is 1. The van der Waals surface area contributed by atoms with Crippen LogP contribution in [0.2, 0.25) is 0 Å². The largest absolute Gasteiger partial charge is 0.490 e. The number of carbonyl (C=O) groups is 1. The van der Waals surface area contributed by atoms with Crippen LogP contribution in [0.5, 0.6) is 11.5 Å². The Morgan fingerprint density at radius 3 is 2.52 bits per heavy atom. The molecule has 1 N–H and O–H groups in total. The average molecular weight is 570 g/mol. The molecule has 0 saturated carbocycles. The van der Waals surface area contributed by atoms with Gasteiger partial charge in [-0.3, -0.25) is 4.79 Å². The highest BCUT2D eigenvalue weighted by molar-refractivity contribution is 9.10. The number of nitrogens with zero attached hydrogens (tertiary/aromatic N) is 1. The van der Waals surface area contributed by atoms with Crippen LogP contribution in [0.4, 0.5) is 5.69 Å². The molecule has 0 unspecified atom stereocenters. The normalized spacial score (nSPS) is 10.9. The monoisotopic (exact) mass is 568 g/mol. The quantitative estimate of drug-likeness (QED) is 0.233. The van der Waals surface area contributed by atoms with Crippen molar-refractivity contribution in [2.75, 3.05) is 11.9 Å². The minimum Gasteiger partial charge on any atom is -0.490 e. The highest BCUT2D eigenvalue weighted by atomic mass is 79.9. The molecule has 0 heterocycles. The highest BCUT2D eigenvalue weighted by Crippen LogP contribution is 2.38. The van der Waals surface area contributed by atoms with Crippen molar-refractivity contribution in [3.8, 4) is 17.6 Å².